The molecule has 2 aromatic rings. The Morgan fingerprint density at radius 3 is 2.53 bits per heavy atom. The third-order valence-electron chi connectivity index (χ3n) is 2.86. The molecule has 0 radical (unpaired) electrons. The summed E-state index contributed by atoms with van der Waals surface area (Å²) in [4.78, 5) is 11.1. The van der Waals surface area contributed by atoms with Crippen molar-refractivity contribution in [2.75, 3.05) is 6.61 Å². The minimum atomic E-state index is 0.232. The summed E-state index contributed by atoms with van der Waals surface area (Å²) in [5.41, 5.74) is 2.24. The van der Waals surface area contributed by atoms with Crippen LogP contribution in [0.25, 0.3) is 11.3 Å². The highest BCUT2D eigenvalue weighted by molar-refractivity contribution is 5.85. The molecule has 0 amide bonds. The number of aromatic nitrogens is 2. The minimum absolute atomic E-state index is 0.232. The molecule has 0 atom stereocenters. The first kappa shape index (κ1) is 13.3. The number of hydrogen-bond acceptors (Lipinski definition) is 3. The lowest BCUT2D eigenvalue weighted by Crippen LogP contribution is -2.00. The van der Waals surface area contributed by atoms with Crippen molar-refractivity contribution in [1.29, 1.82) is 0 Å². The Balaban J connectivity index is 2.37. The molecule has 0 spiro atoms. The van der Waals surface area contributed by atoms with E-state index in [1.165, 1.54) is 0 Å². The molecule has 1 aromatic heterocycles. The van der Waals surface area contributed by atoms with Gasteiger partial charge >= 0.3 is 0 Å². The first-order valence-electron chi connectivity index (χ1n) is 6.43. The number of rotatable bonds is 5. The maximum atomic E-state index is 11.1. The molecule has 0 saturated heterocycles. The van der Waals surface area contributed by atoms with E-state index in [-0.39, 0.29) is 6.04 Å². The van der Waals surface area contributed by atoms with Gasteiger partial charge in [-0.25, -0.2) is 0 Å². The van der Waals surface area contributed by atoms with Crippen LogP contribution in [0.2, 0.25) is 0 Å². The maximum absolute atomic E-state index is 11.1. The van der Waals surface area contributed by atoms with Crippen molar-refractivity contribution in [3.05, 3.63) is 36.0 Å². The van der Waals surface area contributed by atoms with Crippen molar-refractivity contribution in [3.63, 3.8) is 0 Å². The Hall–Kier alpha value is -2.10. The summed E-state index contributed by atoms with van der Waals surface area (Å²) in [5, 5.41) is 4.47. The summed E-state index contributed by atoms with van der Waals surface area (Å²) in [5.74, 6) is 0.821. The third kappa shape index (κ3) is 2.84. The van der Waals surface area contributed by atoms with Gasteiger partial charge in [-0.2, -0.15) is 5.10 Å². The van der Waals surface area contributed by atoms with Crippen molar-refractivity contribution in [2.45, 2.75) is 26.8 Å². The van der Waals surface area contributed by atoms with Gasteiger partial charge in [0.05, 0.1) is 12.2 Å². The number of benzene rings is 1. The van der Waals surface area contributed by atoms with E-state index in [1.54, 1.807) is 10.9 Å². The molecular formula is C15H18N2O2. The predicted octanol–water partition coefficient (Wildman–Crippen LogP) is 3.34. The second-order valence-electron chi connectivity index (χ2n) is 4.58. The van der Waals surface area contributed by atoms with Gasteiger partial charge in [-0.3, -0.25) is 9.48 Å². The molecule has 0 aliphatic rings. The molecule has 2 rings (SSSR count). The Bertz CT molecular complexity index is 556. The van der Waals surface area contributed by atoms with Crippen LogP contribution in [0.1, 0.15) is 37.2 Å². The van der Waals surface area contributed by atoms with Gasteiger partial charge in [0.25, 0.3) is 0 Å². The molecule has 0 bridgehead atoms. The van der Waals surface area contributed by atoms with Crippen LogP contribution in [0.5, 0.6) is 5.75 Å². The molecular weight excluding hydrogens is 240 g/mol. The van der Waals surface area contributed by atoms with E-state index in [0.29, 0.717) is 17.9 Å². The monoisotopic (exact) mass is 258 g/mol. The van der Waals surface area contributed by atoms with Gasteiger partial charge in [0.1, 0.15) is 11.4 Å². The zero-order valence-electron chi connectivity index (χ0n) is 11.5. The second-order valence-corrected chi connectivity index (χ2v) is 4.58. The van der Waals surface area contributed by atoms with E-state index in [4.69, 9.17) is 4.74 Å². The SMILES string of the molecule is CCOc1ccc(-c2nn(C(C)C)cc2C=O)cc1. The van der Waals surface area contributed by atoms with E-state index in [1.807, 2.05) is 45.0 Å². The molecule has 0 unspecified atom stereocenters. The molecule has 0 aliphatic heterocycles. The summed E-state index contributed by atoms with van der Waals surface area (Å²) in [6, 6.07) is 7.86. The topological polar surface area (TPSA) is 44.1 Å². The number of ether oxygens (including phenoxy) is 1. The van der Waals surface area contributed by atoms with E-state index in [0.717, 1.165) is 17.6 Å². The zero-order chi connectivity index (χ0) is 13.8. The zero-order valence-corrected chi connectivity index (χ0v) is 11.5. The van der Waals surface area contributed by atoms with Crippen LogP contribution in [0.3, 0.4) is 0 Å². The lowest BCUT2D eigenvalue weighted by atomic mass is 10.1. The van der Waals surface area contributed by atoms with Gasteiger partial charge in [-0.05, 0) is 45.0 Å². The number of carbonyl (C=O) groups is 1. The molecule has 0 saturated carbocycles. The van der Waals surface area contributed by atoms with Crippen molar-refractivity contribution in [1.82, 2.24) is 9.78 Å². The highest BCUT2D eigenvalue weighted by Gasteiger charge is 2.12. The first-order chi connectivity index (χ1) is 9.15. The molecule has 1 heterocycles. The summed E-state index contributed by atoms with van der Waals surface area (Å²) in [6.07, 6.45) is 2.63. The second kappa shape index (κ2) is 5.69. The summed E-state index contributed by atoms with van der Waals surface area (Å²) >= 11 is 0. The Kier molecular flexibility index (Phi) is 4.00. The average molecular weight is 258 g/mol. The van der Waals surface area contributed by atoms with Gasteiger partial charge in [0.2, 0.25) is 0 Å². The standard InChI is InChI=1S/C15H18N2O2/c1-4-19-14-7-5-12(6-8-14)15-13(10-18)9-17(16-15)11(2)3/h5-11H,4H2,1-3H3. The molecule has 19 heavy (non-hydrogen) atoms. The van der Waals surface area contributed by atoms with Crippen LogP contribution in [0, 0.1) is 0 Å². The summed E-state index contributed by atoms with van der Waals surface area (Å²) in [6.45, 7) is 6.65. The van der Waals surface area contributed by atoms with Gasteiger partial charge in [0, 0.05) is 17.8 Å². The van der Waals surface area contributed by atoms with Crippen LogP contribution in [-0.4, -0.2) is 22.7 Å². The highest BCUT2D eigenvalue weighted by atomic mass is 16.5. The summed E-state index contributed by atoms with van der Waals surface area (Å²) < 4.78 is 7.20. The van der Waals surface area contributed by atoms with Crippen molar-refractivity contribution >= 4 is 6.29 Å². The Labute approximate surface area is 113 Å². The fourth-order valence-electron chi connectivity index (χ4n) is 1.86. The molecule has 4 nitrogen and oxygen atoms in total. The van der Waals surface area contributed by atoms with Crippen molar-refractivity contribution < 1.29 is 9.53 Å². The molecule has 0 aliphatic carbocycles. The van der Waals surface area contributed by atoms with Crippen LogP contribution in [0.4, 0.5) is 0 Å². The van der Waals surface area contributed by atoms with Crippen molar-refractivity contribution in [3.8, 4) is 17.0 Å². The van der Waals surface area contributed by atoms with E-state index in [9.17, 15) is 4.79 Å². The van der Waals surface area contributed by atoms with E-state index in [2.05, 4.69) is 5.10 Å². The lowest BCUT2D eigenvalue weighted by molar-refractivity contribution is 0.112. The van der Waals surface area contributed by atoms with Crippen LogP contribution in [0.15, 0.2) is 30.5 Å². The third-order valence-corrected chi connectivity index (χ3v) is 2.86. The predicted molar refractivity (Wildman–Crippen MR) is 74.6 cm³/mol. The Morgan fingerprint density at radius 1 is 1.32 bits per heavy atom. The molecule has 1 aromatic carbocycles. The molecule has 4 heteroatoms. The van der Waals surface area contributed by atoms with Crippen LogP contribution >= 0.6 is 0 Å². The Morgan fingerprint density at radius 2 is 2.00 bits per heavy atom. The fraction of sp³-hybridized carbons (Fsp3) is 0.333. The largest absolute Gasteiger partial charge is 0.494 e. The quantitative estimate of drug-likeness (QED) is 0.772. The molecule has 0 N–H and O–H groups in total. The maximum Gasteiger partial charge on any atom is 0.153 e. The van der Waals surface area contributed by atoms with Gasteiger partial charge < -0.3 is 4.74 Å². The molecule has 0 fully saturated rings. The minimum Gasteiger partial charge on any atom is -0.494 e. The average Bonchev–Trinajstić information content (AvgIpc) is 2.84. The number of hydrogen-bond donors (Lipinski definition) is 0. The normalized spacial score (nSPS) is 10.7. The van der Waals surface area contributed by atoms with E-state index < -0.39 is 0 Å². The van der Waals surface area contributed by atoms with Gasteiger partial charge in [-0.15, -0.1) is 0 Å². The lowest BCUT2D eigenvalue weighted by Gasteiger charge is -2.05. The fourth-order valence-corrected chi connectivity index (χ4v) is 1.86. The number of nitrogens with zero attached hydrogens (tertiary/aromatic N) is 2. The first-order valence-corrected chi connectivity index (χ1v) is 6.43. The number of carbonyl (C=O) groups excluding carboxylic acids is 1. The van der Waals surface area contributed by atoms with Gasteiger partial charge in [0.15, 0.2) is 6.29 Å². The van der Waals surface area contributed by atoms with Crippen molar-refractivity contribution in [2.24, 2.45) is 0 Å². The summed E-state index contributed by atoms with van der Waals surface area (Å²) in [7, 11) is 0. The number of aldehydes is 1. The van der Waals surface area contributed by atoms with E-state index >= 15 is 0 Å². The van der Waals surface area contributed by atoms with Gasteiger partial charge in [-0.1, -0.05) is 0 Å². The van der Waals surface area contributed by atoms with Crippen LogP contribution in [-0.2, 0) is 0 Å². The highest BCUT2D eigenvalue weighted by Crippen LogP contribution is 2.24. The van der Waals surface area contributed by atoms with Crippen LogP contribution < -0.4 is 4.74 Å². The smallest absolute Gasteiger partial charge is 0.153 e. The molecule has 100 valence electrons.